The molecule has 0 aliphatic rings. The summed E-state index contributed by atoms with van der Waals surface area (Å²) >= 11 is 1.42. The topological polar surface area (TPSA) is 104 Å². The number of nitrogens with zero attached hydrogens (tertiary/aromatic N) is 4. The van der Waals surface area contributed by atoms with Gasteiger partial charge in [-0.2, -0.15) is 10.2 Å². The van der Waals surface area contributed by atoms with Gasteiger partial charge < -0.3 is 15.2 Å². The molecule has 0 aliphatic carbocycles. The van der Waals surface area contributed by atoms with Crippen molar-refractivity contribution in [1.29, 1.82) is 0 Å². The lowest BCUT2D eigenvalue weighted by Gasteiger charge is -2.08. The van der Waals surface area contributed by atoms with Crippen molar-refractivity contribution < 1.29 is 14.3 Å². The fraction of sp³-hybridized carbons (Fsp3) is 0.143. The normalized spacial score (nSPS) is 11.6. The van der Waals surface area contributed by atoms with E-state index in [1.54, 1.807) is 18.5 Å². The average molecular weight is 423 g/mol. The van der Waals surface area contributed by atoms with Gasteiger partial charge in [0.05, 0.1) is 13.3 Å². The van der Waals surface area contributed by atoms with Crippen LogP contribution in [-0.4, -0.2) is 34.2 Å². The Morgan fingerprint density at radius 3 is 2.73 bits per heavy atom. The number of rotatable bonds is 8. The molecule has 30 heavy (non-hydrogen) atoms. The second kappa shape index (κ2) is 10.8. The second-order valence-electron chi connectivity index (χ2n) is 6.00. The number of aromatic nitrogens is 2. The van der Waals surface area contributed by atoms with Gasteiger partial charge in [0.1, 0.15) is 5.75 Å². The first-order chi connectivity index (χ1) is 14.7. The fourth-order valence-electron chi connectivity index (χ4n) is 2.41. The van der Waals surface area contributed by atoms with E-state index in [0.29, 0.717) is 10.9 Å². The number of benzene rings is 2. The zero-order valence-electron chi connectivity index (χ0n) is 16.3. The van der Waals surface area contributed by atoms with Crippen molar-refractivity contribution in [3.63, 3.8) is 0 Å². The minimum atomic E-state index is -0.498. The number of hydrogen-bond acceptors (Lipinski definition) is 7. The first-order valence-electron chi connectivity index (χ1n) is 9.02. The lowest BCUT2D eigenvalue weighted by atomic mass is 10.2. The van der Waals surface area contributed by atoms with Crippen molar-refractivity contribution in [1.82, 2.24) is 9.78 Å². The second-order valence-corrected chi connectivity index (χ2v) is 7.00. The Hall–Kier alpha value is -3.59. The molecule has 1 aromatic heterocycles. The number of thioether (sulfide) groups is 1. The van der Waals surface area contributed by atoms with Crippen LogP contribution in [-0.2, 0) is 17.2 Å². The third kappa shape index (κ3) is 6.21. The van der Waals surface area contributed by atoms with E-state index < -0.39 is 5.97 Å². The van der Waals surface area contributed by atoms with Crippen molar-refractivity contribution in [3.05, 3.63) is 83.7 Å². The van der Waals surface area contributed by atoms with E-state index in [0.717, 1.165) is 16.9 Å². The van der Waals surface area contributed by atoms with Crippen LogP contribution in [0.5, 0.6) is 5.75 Å². The van der Waals surface area contributed by atoms with Crippen molar-refractivity contribution >= 4 is 29.1 Å². The minimum absolute atomic E-state index is 0.125. The Morgan fingerprint density at radius 2 is 1.93 bits per heavy atom. The lowest BCUT2D eigenvalue weighted by Crippen LogP contribution is -2.09. The van der Waals surface area contributed by atoms with Gasteiger partial charge in [-0.1, -0.05) is 54.2 Å². The summed E-state index contributed by atoms with van der Waals surface area (Å²) in [5, 5.41) is 12.6. The highest BCUT2D eigenvalue weighted by atomic mass is 32.2. The maximum Gasteiger partial charge on any atom is 0.358 e. The molecule has 2 N–H and O–H groups in total. The highest BCUT2D eigenvalue weighted by Crippen LogP contribution is 2.17. The van der Waals surface area contributed by atoms with Gasteiger partial charge in [0.2, 0.25) is 0 Å². The van der Waals surface area contributed by atoms with E-state index in [1.807, 2.05) is 54.6 Å². The molecule has 3 aromatic rings. The Bertz CT molecular complexity index is 1030. The maximum atomic E-state index is 11.5. The zero-order chi connectivity index (χ0) is 21.2. The average Bonchev–Trinajstić information content (AvgIpc) is 3.26. The Balaban J connectivity index is 1.57. The number of para-hydroxylation sites is 1. The van der Waals surface area contributed by atoms with E-state index in [1.165, 1.54) is 23.6 Å². The van der Waals surface area contributed by atoms with Gasteiger partial charge in [0.25, 0.3) is 0 Å². The van der Waals surface area contributed by atoms with Crippen LogP contribution in [0.1, 0.15) is 21.6 Å². The number of carbonyl (C=O) groups is 1. The lowest BCUT2D eigenvalue weighted by molar-refractivity contribution is 0.0592. The van der Waals surface area contributed by atoms with Crippen molar-refractivity contribution in [2.75, 3.05) is 7.11 Å². The van der Waals surface area contributed by atoms with Crippen LogP contribution >= 0.6 is 11.8 Å². The molecule has 0 bridgehead atoms. The highest BCUT2D eigenvalue weighted by molar-refractivity contribution is 8.13. The summed E-state index contributed by atoms with van der Waals surface area (Å²) in [6.07, 6.45) is 3.21. The molecule has 0 spiro atoms. The van der Waals surface area contributed by atoms with Crippen molar-refractivity contribution in [2.45, 2.75) is 12.5 Å². The molecule has 0 fully saturated rings. The summed E-state index contributed by atoms with van der Waals surface area (Å²) in [4.78, 5) is 11.5. The highest BCUT2D eigenvalue weighted by Gasteiger charge is 2.09. The van der Waals surface area contributed by atoms with Crippen LogP contribution in [0.4, 0.5) is 0 Å². The first-order valence-corrected chi connectivity index (χ1v) is 10.0. The Labute approximate surface area is 178 Å². The molecule has 1 heterocycles. The number of ether oxygens (including phenoxy) is 2. The molecule has 0 aliphatic heterocycles. The van der Waals surface area contributed by atoms with Gasteiger partial charge >= 0.3 is 5.97 Å². The van der Waals surface area contributed by atoms with Crippen LogP contribution in [0.3, 0.4) is 0 Å². The van der Waals surface area contributed by atoms with Crippen LogP contribution in [0.2, 0.25) is 0 Å². The van der Waals surface area contributed by atoms with Gasteiger partial charge in [0, 0.05) is 17.5 Å². The number of methoxy groups -OCH3 is 1. The quantitative estimate of drug-likeness (QED) is 0.258. The maximum absolute atomic E-state index is 11.5. The molecule has 0 saturated carbocycles. The molecule has 0 radical (unpaired) electrons. The number of amidine groups is 1. The van der Waals surface area contributed by atoms with E-state index in [4.69, 9.17) is 10.5 Å². The molecular weight excluding hydrogens is 402 g/mol. The van der Waals surface area contributed by atoms with E-state index >= 15 is 0 Å². The Kier molecular flexibility index (Phi) is 7.62. The predicted octanol–water partition coefficient (Wildman–Crippen LogP) is 3.29. The molecule has 9 heteroatoms. The molecule has 3 rings (SSSR count). The molecule has 0 atom stereocenters. The van der Waals surface area contributed by atoms with Crippen LogP contribution in [0.15, 0.2) is 77.1 Å². The molecule has 0 unspecified atom stereocenters. The van der Waals surface area contributed by atoms with Gasteiger partial charge in [-0.15, -0.1) is 5.10 Å². The zero-order valence-corrected chi connectivity index (χ0v) is 17.2. The number of esters is 1. The molecule has 154 valence electrons. The van der Waals surface area contributed by atoms with Gasteiger partial charge in [-0.25, -0.2) is 9.48 Å². The van der Waals surface area contributed by atoms with Crippen LogP contribution < -0.4 is 10.5 Å². The molecule has 2 aromatic carbocycles. The summed E-state index contributed by atoms with van der Waals surface area (Å²) in [6.45, 7) is 0.125. The summed E-state index contributed by atoms with van der Waals surface area (Å²) in [5.41, 5.74) is 8.03. The molecule has 8 nitrogen and oxygen atoms in total. The van der Waals surface area contributed by atoms with E-state index in [-0.39, 0.29) is 12.4 Å². The number of carbonyl (C=O) groups excluding carboxylic acids is 1. The van der Waals surface area contributed by atoms with Gasteiger partial charge in [-0.3, -0.25) is 0 Å². The minimum Gasteiger partial charge on any atom is -0.471 e. The van der Waals surface area contributed by atoms with Gasteiger partial charge in [-0.05, 0) is 23.8 Å². The predicted molar refractivity (Wildman–Crippen MR) is 118 cm³/mol. The smallest absolute Gasteiger partial charge is 0.358 e. The number of nitrogens with two attached hydrogens (primary N) is 1. The van der Waals surface area contributed by atoms with Crippen LogP contribution in [0.25, 0.3) is 0 Å². The summed E-state index contributed by atoms with van der Waals surface area (Å²) in [7, 11) is 1.31. The van der Waals surface area contributed by atoms with Crippen LogP contribution in [0, 0.1) is 0 Å². The summed E-state index contributed by atoms with van der Waals surface area (Å²) in [5.74, 6) is 0.826. The molecule has 0 amide bonds. The summed E-state index contributed by atoms with van der Waals surface area (Å²) < 4.78 is 11.9. The summed E-state index contributed by atoms with van der Waals surface area (Å²) in [6, 6.07) is 18.9. The van der Waals surface area contributed by atoms with E-state index in [9.17, 15) is 4.79 Å². The van der Waals surface area contributed by atoms with Gasteiger partial charge in [0.15, 0.2) is 17.6 Å². The molecular formula is C21H21N5O3S. The standard InChI is InChI=1S/C21H21N5O3S/c1-28-20(27)18-11-12-26(25-18)15-29-19-10-6-5-9-17(19)13-23-24-21(22)30-14-16-7-3-2-4-8-16/h2-13H,14-15H2,1H3,(H2,22,24). The SMILES string of the molecule is COC(=O)c1ccn(COc2ccccc2C=NN=C(N)SCc2ccccc2)n1. The monoisotopic (exact) mass is 423 g/mol. The van der Waals surface area contributed by atoms with E-state index in [2.05, 4.69) is 20.0 Å². The Morgan fingerprint density at radius 1 is 1.17 bits per heavy atom. The first kappa shape index (κ1) is 21.1. The van der Waals surface area contributed by atoms with Crippen molar-refractivity contribution in [2.24, 2.45) is 15.9 Å². The number of hydrogen-bond donors (Lipinski definition) is 1. The molecule has 0 saturated heterocycles. The van der Waals surface area contributed by atoms with Crippen molar-refractivity contribution in [3.8, 4) is 5.75 Å². The third-order valence-corrected chi connectivity index (χ3v) is 4.74. The fourth-order valence-corrected chi connectivity index (χ4v) is 3.02. The third-order valence-electron chi connectivity index (χ3n) is 3.89. The largest absolute Gasteiger partial charge is 0.471 e.